The zero-order valence-corrected chi connectivity index (χ0v) is 17.6. The summed E-state index contributed by atoms with van der Waals surface area (Å²) in [4.78, 5) is 0.268. The van der Waals surface area contributed by atoms with Gasteiger partial charge in [0, 0.05) is 35.6 Å². The molecule has 1 aliphatic carbocycles. The lowest BCUT2D eigenvalue weighted by atomic mass is 9.86. The number of rotatable bonds is 6. The predicted molar refractivity (Wildman–Crippen MR) is 111 cm³/mol. The van der Waals surface area contributed by atoms with Crippen LogP contribution in [-0.4, -0.2) is 39.1 Å². The van der Waals surface area contributed by atoms with Crippen molar-refractivity contribution in [3.05, 3.63) is 59.1 Å². The van der Waals surface area contributed by atoms with Crippen LogP contribution in [0.5, 0.6) is 5.75 Å². The molecule has 1 saturated carbocycles. The summed E-state index contributed by atoms with van der Waals surface area (Å²) < 4.78 is 40.7. The Hall–Kier alpha value is -1.60. The largest absolute Gasteiger partial charge is 0.493 e. The van der Waals surface area contributed by atoms with Crippen LogP contribution < -0.4 is 4.74 Å². The van der Waals surface area contributed by atoms with Gasteiger partial charge in [0.05, 0.1) is 24.2 Å². The summed E-state index contributed by atoms with van der Waals surface area (Å²) in [5.74, 6) is 1.63. The van der Waals surface area contributed by atoms with E-state index in [1.807, 2.05) is 24.3 Å². The Morgan fingerprint density at radius 3 is 2.59 bits per heavy atom. The molecule has 3 atom stereocenters. The third kappa shape index (κ3) is 3.67. The Labute approximate surface area is 176 Å². The maximum absolute atomic E-state index is 13.5. The average Bonchev–Trinajstić information content (AvgIpc) is 3.47. The predicted octanol–water partition coefficient (Wildman–Crippen LogP) is 4.14. The second kappa shape index (κ2) is 7.58. The van der Waals surface area contributed by atoms with E-state index in [0.717, 1.165) is 17.9 Å². The molecule has 29 heavy (non-hydrogen) atoms. The quantitative estimate of drug-likeness (QED) is 0.687. The van der Waals surface area contributed by atoms with Crippen molar-refractivity contribution in [1.29, 1.82) is 0 Å². The second-order valence-electron chi connectivity index (χ2n) is 8.23. The fourth-order valence-electron chi connectivity index (χ4n) is 4.44. The van der Waals surface area contributed by atoms with Crippen molar-refractivity contribution < 1.29 is 17.9 Å². The van der Waals surface area contributed by atoms with E-state index in [1.165, 1.54) is 12.8 Å². The van der Waals surface area contributed by atoms with Gasteiger partial charge in [0.2, 0.25) is 10.0 Å². The first-order valence-corrected chi connectivity index (χ1v) is 11.9. The smallest absolute Gasteiger partial charge is 0.243 e. The highest BCUT2D eigenvalue weighted by Gasteiger charge is 2.50. The molecule has 5 rings (SSSR count). The number of fused-ring (bicyclic) bond motifs is 3. The number of nitrogens with zero attached hydrogens (tertiary/aromatic N) is 1. The molecule has 2 aliphatic heterocycles. The average molecular weight is 434 g/mol. The minimum atomic E-state index is -3.67. The SMILES string of the molecule is O=S(=O)(c1ccc(Cl)cc1)N1C[C@@H](COCC2CC2)[C@@H]2COc3ccccc3[C@@H]21. The van der Waals surface area contributed by atoms with Crippen LogP contribution in [0.1, 0.15) is 24.4 Å². The van der Waals surface area contributed by atoms with Gasteiger partial charge >= 0.3 is 0 Å². The van der Waals surface area contributed by atoms with Gasteiger partial charge in [-0.05, 0) is 49.1 Å². The molecule has 1 saturated heterocycles. The van der Waals surface area contributed by atoms with Crippen molar-refractivity contribution >= 4 is 21.6 Å². The third-order valence-electron chi connectivity index (χ3n) is 6.21. The minimum Gasteiger partial charge on any atom is -0.493 e. The Balaban J connectivity index is 1.48. The summed E-state index contributed by atoms with van der Waals surface area (Å²) in [5, 5.41) is 0.519. The molecule has 0 bridgehead atoms. The maximum Gasteiger partial charge on any atom is 0.243 e. The van der Waals surface area contributed by atoms with Crippen LogP contribution in [0.15, 0.2) is 53.4 Å². The highest BCUT2D eigenvalue weighted by molar-refractivity contribution is 7.89. The highest BCUT2D eigenvalue weighted by Crippen LogP contribution is 2.49. The van der Waals surface area contributed by atoms with E-state index in [9.17, 15) is 8.42 Å². The first kappa shape index (κ1) is 19.4. The van der Waals surface area contributed by atoms with Crippen LogP contribution >= 0.6 is 11.6 Å². The van der Waals surface area contributed by atoms with Gasteiger partial charge in [-0.25, -0.2) is 8.42 Å². The molecular weight excluding hydrogens is 410 g/mol. The van der Waals surface area contributed by atoms with Crippen molar-refractivity contribution in [2.45, 2.75) is 23.8 Å². The van der Waals surface area contributed by atoms with E-state index in [2.05, 4.69) is 0 Å². The summed E-state index contributed by atoms with van der Waals surface area (Å²) in [7, 11) is -3.67. The van der Waals surface area contributed by atoms with Gasteiger partial charge in [0.25, 0.3) is 0 Å². The lowest BCUT2D eigenvalue weighted by molar-refractivity contribution is 0.0645. The number of ether oxygens (including phenoxy) is 2. The van der Waals surface area contributed by atoms with Gasteiger partial charge in [0.1, 0.15) is 5.75 Å². The molecule has 3 aliphatic rings. The van der Waals surface area contributed by atoms with E-state index in [4.69, 9.17) is 21.1 Å². The van der Waals surface area contributed by atoms with E-state index in [1.54, 1.807) is 28.6 Å². The molecule has 0 amide bonds. The first-order valence-electron chi connectivity index (χ1n) is 10.1. The van der Waals surface area contributed by atoms with Crippen LogP contribution in [0.3, 0.4) is 0 Å². The summed E-state index contributed by atoms with van der Waals surface area (Å²) in [6.45, 7) is 2.28. The fraction of sp³-hybridized carbons (Fsp3) is 0.455. The Morgan fingerprint density at radius 2 is 1.83 bits per heavy atom. The van der Waals surface area contributed by atoms with E-state index >= 15 is 0 Å². The van der Waals surface area contributed by atoms with E-state index in [-0.39, 0.29) is 22.8 Å². The Morgan fingerprint density at radius 1 is 1.07 bits per heavy atom. The molecule has 2 heterocycles. The van der Waals surface area contributed by atoms with Crippen LogP contribution in [0.25, 0.3) is 0 Å². The monoisotopic (exact) mass is 433 g/mol. The summed E-state index contributed by atoms with van der Waals surface area (Å²) in [5.41, 5.74) is 0.936. The molecule has 0 N–H and O–H groups in total. The van der Waals surface area contributed by atoms with Crippen molar-refractivity contribution in [2.24, 2.45) is 17.8 Å². The molecular formula is C22H24ClNO4S. The van der Waals surface area contributed by atoms with Crippen molar-refractivity contribution in [3.8, 4) is 5.75 Å². The lowest BCUT2D eigenvalue weighted by Crippen LogP contribution is -2.35. The minimum absolute atomic E-state index is 0.0752. The van der Waals surface area contributed by atoms with Gasteiger partial charge < -0.3 is 9.47 Å². The van der Waals surface area contributed by atoms with Crippen molar-refractivity contribution in [2.75, 3.05) is 26.4 Å². The van der Waals surface area contributed by atoms with Crippen molar-refractivity contribution in [3.63, 3.8) is 0 Å². The van der Waals surface area contributed by atoms with Gasteiger partial charge in [-0.3, -0.25) is 0 Å². The van der Waals surface area contributed by atoms with Gasteiger partial charge in [-0.1, -0.05) is 29.8 Å². The van der Waals surface area contributed by atoms with Crippen molar-refractivity contribution in [1.82, 2.24) is 4.31 Å². The molecule has 5 nitrogen and oxygen atoms in total. The number of hydrogen-bond acceptors (Lipinski definition) is 4. The number of halogens is 1. The number of hydrogen-bond donors (Lipinski definition) is 0. The second-order valence-corrected chi connectivity index (χ2v) is 10.6. The molecule has 2 aromatic rings. The lowest BCUT2D eigenvalue weighted by Gasteiger charge is -2.34. The van der Waals surface area contributed by atoms with Crippen LogP contribution in [0.2, 0.25) is 5.02 Å². The van der Waals surface area contributed by atoms with Crippen LogP contribution in [0.4, 0.5) is 0 Å². The number of para-hydroxylation sites is 1. The van der Waals surface area contributed by atoms with E-state index < -0.39 is 10.0 Å². The van der Waals surface area contributed by atoms with Gasteiger partial charge in [-0.2, -0.15) is 4.31 Å². The topological polar surface area (TPSA) is 55.8 Å². The summed E-state index contributed by atoms with van der Waals surface area (Å²) in [6.07, 6.45) is 2.48. The fourth-order valence-corrected chi connectivity index (χ4v) is 6.28. The summed E-state index contributed by atoms with van der Waals surface area (Å²) in [6, 6.07) is 13.9. The zero-order valence-electron chi connectivity index (χ0n) is 16.0. The molecule has 0 aromatic heterocycles. The maximum atomic E-state index is 13.5. The third-order valence-corrected chi connectivity index (χ3v) is 8.32. The van der Waals surface area contributed by atoms with Crippen LogP contribution in [0, 0.1) is 17.8 Å². The molecule has 0 spiro atoms. The Bertz CT molecular complexity index is 990. The normalized spacial score (nSPS) is 26.6. The molecule has 0 unspecified atom stereocenters. The molecule has 0 radical (unpaired) electrons. The van der Waals surface area contributed by atoms with E-state index in [0.29, 0.717) is 30.7 Å². The standard InChI is InChI=1S/C22H24ClNO4S/c23-17-7-9-18(10-8-17)29(25,26)24-11-16(13-27-12-15-5-6-15)20-14-28-21-4-2-1-3-19(21)22(20)24/h1-4,7-10,15-16,20,22H,5-6,11-14H2/t16-,20-,22-/m0/s1. The zero-order chi connectivity index (χ0) is 20.0. The molecule has 2 fully saturated rings. The first-order chi connectivity index (χ1) is 14.0. The Kier molecular flexibility index (Phi) is 5.06. The van der Waals surface area contributed by atoms with Gasteiger partial charge in [-0.15, -0.1) is 0 Å². The highest BCUT2D eigenvalue weighted by atomic mass is 35.5. The number of sulfonamides is 1. The molecule has 154 valence electrons. The summed E-state index contributed by atoms with van der Waals surface area (Å²) >= 11 is 5.97. The molecule has 7 heteroatoms. The number of benzene rings is 2. The molecule has 2 aromatic carbocycles. The van der Waals surface area contributed by atoms with Gasteiger partial charge in [0.15, 0.2) is 0 Å². The van der Waals surface area contributed by atoms with Crippen LogP contribution in [-0.2, 0) is 14.8 Å².